The number of hydrogen-bond donors (Lipinski definition) is 1. The first-order chi connectivity index (χ1) is 5.95. The number of benzene rings is 1. The Morgan fingerprint density at radius 3 is 3.25 bits per heavy atom. The second-order valence-electron chi connectivity index (χ2n) is 2.73. The van der Waals surface area contributed by atoms with Crippen molar-refractivity contribution in [3.8, 4) is 0 Å². The van der Waals surface area contributed by atoms with Gasteiger partial charge >= 0.3 is 0 Å². The fourth-order valence-electron chi connectivity index (χ4n) is 1.46. The minimum atomic E-state index is 0.895. The van der Waals surface area contributed by atoms with Crippen molar-refractivity contribution in [1.29, 1.82) is 0 Å². The van der Waals surface area contributed by atoms with E-state index in [9.17, 15) is 0 Å². The first-order valence-electron chi connectivity index (χ1n) is 3.74. The van der Waals surface area contributed by atoms with Gasteiger partial charge in [0.05, 0.1) is 18.0 Å². The first kappa shape index (κ1) is 5.83. The van der Waals surface area contributed by atoms with Crippen LogP contribution in [-0.4, -0.2) is 10.2 Å². The van der Waals surface area contributed by atoms with Gasteiger partial charge in [0.15, 0.2) is 0 Å². The topological polar surface area (TPSA) is 41.8 Å². The van der Waals surface area contributed by atoms with Crippen LogP contribution in [0.1, 0.15) is 0 Å². The van der Waals surface area contributed by atoms with Crippen LogP contribution in [0.3, 0.4) is 0 Å². The van der Waals surface area contributed by atoms with Crippen molar-refractivity contribution in [2.24, 2.45) is 0 Å². The smallest absolute Gasteiger partial charge is 0.136 e. The number of aromatic amines is 1. The van der Waals surface area contributed by atoms with E-state index in [1.807, 2.05) is 24.4 Å². The number of aromatic nitrogens is 2. The third-order valence-corrected chi connectivity index (χ3v) is 2.05. The molecule has 2 aromatic heterocycles. The molecule has 3 rings (SSSR count). The quantitative estimate of drug-likeness (QED) is 0.545. The van der Waals surface area contributed by atoms with E-state index < -0.39 is 0 Å². The van der Waals surface area contributed by atoms with E-state index in [-0.39, 0.29) is 0 Å². The summed E-state index contributed by atoms with van der Waals surface area (Å²) < 4.78 is 5.25. The number of nitrogens with zero attached hydrogens (tertiary/aromatic N) is 1. The molecule has 12 heavy (non-hydrogen) atoms. The van der Waals surface area contributed by atoms with Gasteiger partial charge in [-0.1, -0.05) is 0 Å². The summed E-state index contributed by atoms with van der Waals surface area (Å²) in [5.74, 6) is 0. The van der Waals surface area contributed by atoms with Crippen molar-refractivity contribution < 1.29 is 4.42 Å². The van der Waals surface area contributed by atoms with Gasteiger partial charge in [-0.15, -0.1) is 0 Å². The summed E-state index contributed by atoms with van der Waals surface area (Å²) in [5, 5.41) is 9.11. The van der Waals surface area contributed by atoms with Crippen molar-refractivity contribution in [1.82, 2.24) is 10.2 Å². The minimum Gasteiger partial charge on any atom is -0.464 e. The van der Waals surface area contributed by atoms with Crippen LogP contribution in [0.15, 0.2) is 35.1 Å². The molecule has 3 heteroatoms. The van der Waals surface area contributed by atoms with Crippen LogP contribution in [0.2, 0.25) is 0 Å². The Labute approximate surface area is 68.0 Å². The molecule has 0 amide bonds. The SMILES string of the molecule is c1cc2c(ccc3cn[nH]c32)o1. The molecule has 1 N–H and O–H groups in total. The average Bonchev–Trinajstić information content (AvgIpc) is 2.71. The second-order valence-corrected chi connectivity index (χ2v) is 2.73. The lowest BCUT2D eigenvalue weighted by Crippen LogP contribution is -1.69. The van der Waals surface area contributed by atoms with Crippen molar-refractivity contribution in [2.75, 3.05) is 0 Å². The van der Waals surface area contributed by atoms with E-state index in [1.165, 1.54) is 0 Å². The highest BCUT2D eigenvalue weighted by molar-refractivity contribution is 6.02. The maximum atomic E-state index is 5.25. The van der Waals surface area contributed by atoms with Crippen LogP contribution >= 0.6 is 0 Å². The molecular formula is C9H6N2O. The molecule has 0 saturated carbocycles. The number of hydrogen-bond acceptors (Lipinski definition) is 2. The molecule has 0 aliphatic rings. The van der Waals surface area contributed by atoms with Gasteiger partial charge in [-0.3, -0.25) is 5.10 Å². The third-order valence-electron chi connectivity index (χ3n) is 2.05. The van der Waals surface area contributed by atoms with Gasteiger partial charge in [0.2, 0.25) is 0 Å². The highest BCUT2D eigenvalue weighted by atomic mass is 16.3. The molecule has 3 aromatic rings. The van der Waals surface area contributed by atoms with E-state index in [0.717, 1.165) is 21.9 Å². The number of furan rings is 1. The number of fused-ring (bicyclic) bond motifs is 3. The molecule has 0 radical (unpaired) electrons. The first-order valence-corrected chi connectivity index (χ1v) is 3.74. The summed E-state index contributed by atoms with van der Waals surface area (Å²) in [6, 6.07) is 5.88. The maximum absolute atomic E-state index is 5.25. The van der Waals surface area contributed by atoms with Gasteiger partial charge in [-0.25, -0.2) is 0 Å². The Kier molecular flexibility index (Phi) is 0.913. The van der Waals surface area contributed by atoms with Gasteiger partial charge in [0.25, 0.3) is 0 Å². The van der Waals surface area contributed by atoms with Crippen LogP contribution in [-0.2, 0) is 0 Å². The summed E-state index contributed by atoms with van der Waals surface area (Å²) in [4.78, 5) is 0. The lowest BCUT2D eigenvalue weighted by atomic mass is 10.2. The van der Waals surface area contributed by atoms with Crippen LogP contribution in [0, 0.1) is 0 Å². The van der Waals surface area contributed by atoms with Gasteiger partial charge in [0, 0.05) is 10.8 Å². The predicted octanol–water partition coefficient (Wildman–Crippen LogP) is 2.31. The molecule has 2 heterocycles. The summed E-state index contributed by atoms with van der Waals surface area (Å²) in [5.41, 5.74) is 1.94. The molecule has 0 atom stereocenters. The minimum absolute atomic E-state index is 0.895. The van der Waals surface area contributed by atoms with Gasteiger partial charge in [-0.05, 0) is 18.2 Å². The normalized spacial score (nSPS) is 11.3. The van der Waals surface area contributed by atoms with E-state index in [1.54, 1.807) is 6.26 Å². The molecule has 0 unspecified atom stereocenters. The highest BCUT2D eigenvalue weighted by Gasteiger charge is 2.02. The fourth-order valence-corrected chi connectivity index (χ4v) is 1.46. The Morgan fingerprint density at radius 1 is 1.25 bits per heavy atom. The molecule has 1 aromatic carbocycles. The van der Waals surface area contributed by atoms with E-state index in [4.69, 9.17) is 4.42 Å². The summed E-state index contributed by atoms with van der Waals surface area (Å²) in [6.07, 6.45) is 3.49. The van der Waals surface area contributed by atoms with Crippen LogP contribution in [0.5, 0.6) is 0 Å². The molecular weight excluding hydrogens is 152 g/mol. The molecule has 0 fully saturated rings. The molecule has 0 aliphatic carbocycles. The van der Waals surface area contributed by atoms with Gasteiger partial charge in [0.1, 0.15) is 5.58 Å². The molecule has 0 spiro atoms. The van der Waals surface area contributed by atoms with Crippen molar-refractivity contribution >= 4 is 21.9 Å². The third kappa shape index (κ3) is 0.580. The highest BCUT2D eigenvalue weighted by Crippen LogP contribution is 2.23. The zero-order chi connectivity index (χ0) is 7.97. The number of H-pyrrole nitrogens is 1. The number of nitrogens with one attached hydrogen (secondary N) is 1. The van der Waals surface area contributed by atoms with Crippen LogP contribution < -0.4 is 0 Å². The monoisotopic (exact) mass is 158 g/mol. The number of rotatable bonds is 0. The lowest BCUT2D eigenvalue weighted by molar-refractivity contribution is 0.616. The van der Waals surface area contributed by atoms with E-state index >= 15 is 0 Å². The predicted molar refractivity (Wildman–Crippen MR) is 45.9 cm³/mol. The Balaban J connectivity index is 2.71. The summed E-state index contributed by atoms with van der Waals surface area (Å²) >= 11 is 0. The average molecular weight is 158 g/mol. The second kappa shape index (κ2) is 1.88. The zero-order valence-electron chi connectivity index (χ0n) is 6.24. The van der Waals surface area contributed by atoms with Crippen molar-refractivity contribution in [3.63, 3.8) is 0 Å². The van der Waals surface area contributed by atoms with Gasteiger partial charge in [-0.2, -0.15) is 5.10 Å². The van der Waals surface area contributed by atoms with E-state index in [2.05, 4.69) is 10.2 Å². The zero-order valence-corrected chi connectivity index (χ0v) is 6.24. The van der Waals surface area contributed by atoms with Crippen LogP contribution in [0.4, 0.5) is 0 Å². The van der Waals surface area contributed by atoms with Crippen molar-refractivity contribution in [3.05, 3.63) is 30.7 Å². The lowest BCUT2D eigenvalue weighted by Gasteiger charge is -1.88. The Hall–Kier alpha value is -1.77. The summed E-state index contributed by atoms with van der Waals surface area (Å²) in [6.45, 7) is 0. The Bertz CT molecular complexity index is 486. The largest absolute Gasteiger partial charge is 0.464 e. The standard InChI is InChI=1S/C9H6N2O/c1-2-8-7(3-4-12-8)9-6(1)5-10-11-9/h1-5H,(H,10,11). The Morgan fingerprint density at radius 2 is 2.25 bits per heavy atom. The molecule has 0 saturated heterocycles. The van der Waals surface area contributed by atoms with Crippen molar-refractivity contribution in [2.45, 2.75) is 0 Å². The molecule has 3 nitrogen and oxygen atoms in total. The molecule has 0 bridgehead atoms. The van der Waals surface area contributed by atoms with Crippen LogP contribution in [0.25, 0.3) is 21.9 Å². The molecule has 0 aliphatic heterocycles. The maximum Gasteiger partial charge on any atom is 0.136 e. The van der Waals surface area contributed by atoms with E-state index in [0.29, 0.717) is 0 Å². The fraction of sp³-hybridized carbons (Fsp3) is 0. The van der Waals surface area contributed by atoms with Gasteiger partial charge < -0.3 is 4.42 Å². The summed E-state index contributed by atoms with van der Waals surface area (Å²) in [7, 11) is 0. The molecule has 58 valence electrons.